The normalized spacial score (nSPS) is 10.7. The summed E-state index contributed by atoms with van der Waals surface area (Å²) in [5.41, 5.74) is 0. The molecule has 0 atom stereocenters. The first kappa shape index (κ1) is 20.0. The van der Waals surface area contributed by atoms with Gasteiger partial charge in [0.1, 0.15) is 0 Å². The Morgan fingerprint density at radius 3 is 2.88 bits per heavy atom. The van der Waals surface area contributed by atoms with Crippen LogP contribution in [0.15, 0.2) is 28.0 Å². The molecule has 9 nitrogen and oxygen atoms in total. The van der Waals surface area contributed by atoms with Crippen LogP contribution in [0.1, 0.15) is 20.3 Å². The fraction of sp³-hybridized carbons (Fsp3) is 0.500. The molecule has 2 N–H and O–H groups in total. The van der Waals surface area contributed by atoms with Gasteiger partial charge in [-0.15, -0.1) is 10.2 Å². The van der Waals surface area contributed by atoms with Gasteiger partial charge in [-0.3, -0.25) is 14.7 Å². The molecule has 0 aliphatic heterocycles. The maximum atomic E-state index is 11.9. The van der Waals surface area contributed by atoms with E-state index in [1.165, 1.54) is 11.8 Å². The first-order valence-electron chi connectivity index (χ1n) is 8.41. The quantitative estimate of drug-likeness (QED) is 0.477. The van der Waals surface area contributed by atoms with Gasteiger partial charge in [-0.1, -0.05) is 11.8 Å². The van der Waals surface area contributed by atoms with E-state index in [1.54, 1.807) is 18.4 Å². The second-order valence-electron chi connectivity index (χ2n) is 5.17. The molecule has 0 fully saturated rings. The molecule has 0 saturated heterocycles. The zero-order valence-electron chi connectivity index (χ0n) is 14.9. The summed E-state index contributed by atoms with van der Waals surface area (Å²) in [7, 11) is 0. The minimum absolute atomic E-state index is 0.0582. The number of nitrogens with one attached hydrogen (secondary N) is 2. The van der Waals surface area contributed by atoms with Gasteiger partial charge in [-0.2, -0.15) is 0 Å². The second-order valence-corrected chi connectivity index (χ2v) is 6.11. The number of amides is 3. The summed E-state index contributed by atoms with van der Waals surface area (Å²) in [6.45, 7) is 6.16. The molecule has 2 rings (SSSR count). The number of imide groups is 1. The van der Waals surface area contributed by atoms with Crippen LogP contribution in [-0.4, -0.2) is 52.2 Å². The summed E-state index contributed by atoms with van der Waals surface area (Å²) < 4.78 is 12.4. The van der Waals surface area contributed by atoms with Crippen molar-refractivity contribution in [3.8, 4) is 11.6 Å². The standard InChI is InChI=1S/C16H23N5O4S/c1-3-21-14(12-7-5-10-25-12)19-20-16(21)26-11-13(22)18-15(23)17-8-6-9-24-4-2/h5,7,10H,3-4,6,8-9,11H2,1-2H3,(H2,17,18,22,23). The van der Waals surface area contributed by atoms with Crippen LogP contribution in [0.2, 0.25) is 0 Å². The minimum Gasteiger partial charge on any atom is -0.461 e. The van der Waals surface area contributed by atoms with Crippen molar-refractivity contribution in [1.82, 2.24) is 25.4 Å². The van der Waals surface area contributed by atoms with Crippen molar-refractivity contribution >= 4 is 23.7 Å². The monoisotopic (exact) mass is 381 g/mol. The van der Waals surface area contributed by atoms with Gasteiger partial charge in [-0.25, -0.2) is 4.79 Å². The summed E-state index contributed by atoms with van der Waals surface area (Å²) in [4.78, 5) is 23.5. The van der Waals surface area contributed by atoms with E-state index in [1.807, 2.05) is 18.4 Å². The van der Waals surface area contributed by atoms with Gasteiger partial charge in [0, 0.05) is 26.3 Å². The lowest BCUT2D eigenvalue weighted by Gasteiger charge is -2.07. The number of ether oxygens (including phenoxy) is 1. The fourth-order valence-electron chi connectivity index (χ4n) is 2.13. The van der Waals surface area contributed by atoms with Gasteiger partial charge >= 0.3 is 6.03 Å². The maximum Gasteiger partial charge on any atom is 0.321 e. The van der Waals surface area contributed by atoms with Crippen LogP contribution in [-0.2, 0) is 16.1 Å². The highest BCUT2D eigenvalue weighted by atomic mass is 32.2. The van der Waals surface area contributed by atoms with Crippen molar-refractivity contribution in [3.63, 3.8) is 0 Å². The van der Waals surface area contributed by atoms with Gasteiger partial charge < -0.3 is 14.5 Å². The Hall–Kier alpha value is -2.33. The predicted octanol–water partition coefficient (Wildman–Crippen LogP) is 1.90. The number of urea groups is 1. The molecule has 0 aromatic carbocycles. The number of rotatable bonds is 10. The SMILES string of the molecule is CCOCCCNC(=O)NC(=O)CSc1nnc(-c2ccco2)n1CC. The van der Waals surface area contributed by atoms with E-state index >= 15 is 0 Å². The highest BCUT2D eigenvalue weighted by molar-refractivity contribution is 7.99. The molecule has 0 aliphatic rings. The molecule has 0 aliphatic carbocycles. The molecule has 10 heteroatoms. The first-order valence-corrected chi connectivity index (χ1v) is 9.39. The second kappa shape index (κ2) is 10.6. The highest BCUT2D eigenvalue weighted by Gasteiger charge is 2.16. The Balaban J connectivity index is 1.78. The number of hydrogen-bond acceptors (Lipinski definition) is 7. The highest BCUT2D eigenvalue weighted by Crippen LogP contribution is 2.23. The Kier molecular flexibility index (Phi) is 8.16. The van der Waals surface area contributed by atoms with Crippen molar-refractivity contribution < 1.29 is 18.7 Å². The Labute approximate surface area is 155 Å². The molecule has 0 bridgehead atoms. The molecule has 0 saturated carbocycles. The number of thioether (sulfide) groups is 1. The minimum atomic E-state index is -0.514. The van der Waals surface area contributed by atoms with Crippen molar-refractivity contribution in [1.29, 1.82) is 0 Å². The molecule has 0 unspecified atom stereocenters. The number of carbonyl (C=O) groups excluding carboxylic acids is 2. The van der Waals surface area contributed by atoms with Gasteiger partial charge in [0.2, 0.25) is 5.91 Å². The third-order valence-corrected chi connectivity index (χ3v) is 4.28. The van der Waals surface area contributed by atoms with Crippen molar-refractivity contribution in [2.45, 2.75) is 32.0 Å². The van der Waals surface area contributed by atoms with E-state index in [4.69, 9.17) is 9.15 Å². The summed E-state index contributed by atoms with van der Waals surface area (Å²) >= 11 is 1.21. The number of nitrogens with zero attached hydrogens (tertiary/aromatic N) is 3. The molecule has 3 amide bonds. The molecular formula is C16H23N5O4S. The summed E-state index contributed by atoms with van der Waals surface area (Å²) in [6, 6.07) is 3.06. The summed E-state index contributed by atoms with van der Waals surface area (Å²) in [5.74, 6) is 0.875. The van der Waals surface area contributed by atoms with Crippen LogP contribution >= 0.6 is 11.8 Å². The Bertz CT molecular complexity index is 702. The lowest BCUT2D eigenvalue weighted by molar-refractivity contribution is -0.117. The van der Waals surface area contributed by atoms with E-state index in [0.29, 0.717) is 49.5 Å². The molecule has 142 valence electrons. The Morgan fingerprint density at radius 1 is 1.35 bits per heavy atom. The van der Waals surface area contributed by atoms with Crippen molar-refractivity contribution in [2.24, 2.45) is 0 Å². The number of furan rings is 1. The van der Waals surface area contributed by atoms with Crippen LogP contribution < -0.4 is 10.6 Å². The van der Waals surface area contributed by atoms with Crippen molar-refractivity contribution in [3.05, 3.63) is 18.4 Å². The van der Waals surface area contributed by atoms with Crippen molar-refractivity contribution in [2.75, 3.05) is 25.5 Å². The van der Waals surface area contributed by atoms with E-state index in [2.05, 4.69) is 20.8 Å². The van der Waals surface area contributed by atoms with Crippen LogP contribution in [0, 0.1) is 0 Å². The third-order valence-electron chi connectivity index (χ3n) is 3.32. The van der Waals surface area contributed by atoms with Crippen LogP contribution in [0.4, 0.5) is 4.79 Å². The fourth-order valence-corrected chi connectivity index (χ4v) is 2.93. The largest absolute Gasteiger partial charge is 0.461 e. The lowest BCUT2D eigenvalue weighted by Crippen LogP contribution is -2.40. The van der Waals surface area contributed by atoms with E-state index in [-0.39, 0.29) is 5.75 Å². The molecular weight excluding hydrogens is 358 g/mol. The zero-order chi connectivity index (χ0) is 18.8. The van der Waals surface area contributed by atoms with Gasteiger partial charge in [-0.05, 0) is 32.4 Å². The van der Waals surface area contributed by atoms with E-state index in [0.717, 1.165) is 0 Å². The molecule has 2 heterocycles. The van der Waals surface area contributed by atoms with E-state index < -0.39 is 11.9 Å². The topological polar surface area (TPSA) is 111 Å². The molecule has 2 aromatic rings. The maximum absolute atomic E-state index is 11.9. The number of aromatic nitrogens is 3. The van der Waals surface area contributed by atoms with Gasteiger partial charge in [0.15, 0.2) is 16.7 Å². The average Bonchev–Trinajstić information content (AvgIpc) is 3.28. The van der Waals surface area contributed by atoms with Crippen LogP contribution in [0.5, 0.6) is 0 Å². The van der Waals surface area contributed by atoms with E-state index in [9.17, 15) is 9.59 Å². The Morgan fingerprint density at radius 2 is 2.19 bits per heavy atom. The zero-order valence-corrected chi connectivity index (χ0v) is 15.7. The van der Waals surface area contributed by atoms with Crippen LogP contribution in [0.25, 0.3) is 11.6 Å². The molecule has 26 heavy (non-hydrogen) atoms. The molecule has 0 spiro atoms. The smallest absolute Gasteiger partial charge is 0.321 e. The summed E-state index contributed by atoms with van der Waals surface area (Å²) in [6.07, 6.45) is 2.26. The number of carbonyl (C=O) groups is 2. The molecule has 2 aromatic heterocycles. The first-order chi connectivity index (χ1) is 12.7. The van der Waals surface area contributed by atoms with Gasteiger partial charge in [0.25, 0.3) is 0 Å². The predicted molar refractivity (Wildman–Crippen MR) is 96.8 cm³/mol. The summed E-state index contributed by atoms with van der Waals surface area (Å²) in [5, 5.41) is 13.7. The lowest BCUT2D eigenvalue weighted by atomic mass is 10.4. The van der Waals surface area contributed by atoms with Crippen LogP contribution in [0.3, 0.4) is 0 Å². The van der Waals surface area contributed by atoms with Gasteiger partial charge in [0.05, 0.1) is 12.0 Å². The number of hydrogen-bond donors (Lipinski definition) is 2. The average molecular weight is 381 g/mol. The molecule has 0 radical (unpaired) electrons. The third kappa shape index (κ3) is 5.88.